The summed E-state index contributed by atoms with van der Waals surface area (Å²) in [5, 5.41) is 11.7. The first-order valence-corrected chi connectivity index (χ1v) is 15.2. The minimum absolute atomic E-state index is 0.205. The molecular formula is C28H29NO5S2. The van der Waals surface area contributed by atoms with E-state index in [1.807, 2.05) is 48.5 Å². The van der Waals surface area contributed by atoms with Gasteiger partial charge < -0.3 is 5.11 Å². The molecule has 0 saturated carbocycles. The predicted molar refractivity (Wildman–Crippen MR) is 143 cm³/mol. The van der Waals surface area contributed by atoms with Crippen LogP contribution in [0.3, 0.4) is 0 Å². The average Bonchev–Trinajstić information content (AvgIpc) is 2.82. The zero-order valence-electron chi connectivity index (χ0n) is 20.6. The lowest BCUT2D eigenvalue weighted by atomic mass is 9.92. The van der Waals surface area contributed by atoms with Crippen LogP contribution in [-0.2, 0) is 30.8 Å². The van der Waals surface area contributed by atoms with E-state index in [2.05, 4.69) is 4.98 Å². The molecule has 4 rings (SSSR count). The van der Waals surface area contributed by atoms with E-state index >= 15 is 0 Å². The Kier molecular flexibility index (Phi) is 6.81. The molecule has 1 N–H and O–H groups in total. The van der Waals surface area contributed by atoms with Crippen LogP contribution < -0.4 is 0 Å². The lowest BCUT2D eigenvalue weighted by Gasteiger charge is -2.24. The summed E-state index contributed by atoms with van der Waals surface area (Å²) in [6.45, 7) is 3.40. The van der Waals surface area contributed by atoms with Crippen LogP contribution in [0, 0.1) is 0 Å². The van der Waals surface area contributed by atoms with Crippen molar-refractivity contribution in [3.8, 4) is 11.1 Å². The molecule has 1 atom stereocenters. The van der Waals surface area contributed by atoms with Crippen molar-refractivity contribution in [1.82, 2.24) is 4.98 Å². The summed E-state index contributed by atoms with van der Waals surface area (Å²) in [5.74, 6) is 0. The predicted octanol–water partition coefficient (Wildman–Crippen LogP) is 4.86. The Balaban J connectivity index is 1.73. The molecule has 0 amide bonds. The van der Waals surface area contributed by atoms with Gasteiger partial charge in [0.25, 0.3) is 0 Å². The third-order valence-corrected chi connectivity index (χ3v) is 9.91. The largest absolute Gasteiger partial charge is 0.388 e. The molecule has 0 saturated heterocycles. The number of aliphatic hydroxyl groups excluding tert-OH is 1. The average molecular weight is 524 g/mol. The molecule has 0 spiro atoms. The van der Waals surface area contributed by atoms with Crippen LogP contribution in [0.4, 0.5) is 0 Å². The second kappa shape index (κ2) is 9.42. The van der Waals surface area contributed by atoms with Crippen LogP contribution in [0.5, 0.6) is 0 Å². The number of hydrogen-bond acceptors (Lipinski definition) is 6. The van der Waals surface area contributed by atoms with Gasteiger partial charge in [-0.3, -0.25) is 4.98 Å². The molecule has 188 valence electrons. The molecule has 36 heavy (non-hydrogen) atoms. The molecule has 0 aliphatic rings. The molecule has 0 fully saturated rings. The fourth-order valence-corrected chi connectivity index (χ4v) is 5.29. The number of fused-ring (bicyclic) bond motifs is 1. The van der Waals surface area contributed by atoms with E-state index in [0.29, 0.717) is 17.5 Å². The maximum atomic E-state index is 12.5. The van der Waals surface area contributed by atoms with Crippen molar-refractivity contribution in [2.45, 2.75) is 36.0 Å². The van der Waals surface area contributed by atoms with Crippen LogP contribution in [0.25, 0.3) is 22.0 Å². The molecule has 0 aliphatic carbocycles. The summed E-state index contributed by atoms with van der Waals surface area (Å²) in [5.41, 5.74) is 4.62. The topological polar surface area (TPSA) is 101 Å². The van der Waals surface area contributed by atoms with E-state index in [1.165, 1.54) is 18.4 Å². The van der Waals surface area contributed by atoms with Crippen LogP contribution >= 0.6 is 0 Å². The minimum Gasteiger partial charge on any atom is -0.388 e. The van der Waals surface area contributed by atoms with Crippen molar-refractivity contribution >= 4 is 30.6 Å². The molecule has 0 radical (unpaired) electrons. The van der Waals surface area contributed by atoms with Crippen LogP contribution in [0.2, 0.25) is 0 Å². The van der Waals surface area contributed by atoms with E-state index in [1.54, 1.807) is 32.2 Å². The van der Waals surface area contributed by atoms with Gasteiger partial charge in [-0.2, -0.15) is 0 Å². The van der Waals surface area contributed by atoms with Gasteiger partial charge in [0.05, 0.1) is 21.3 Å². The van der Waals surface area contributed by atoms with Crippen molar-refractivity contribution in [3.05, 3.63) is 95.7 Å². The fraction of sp³-hybridized carbons (Fsp3) is 0.250. The van der Waals surface area contributed by atoms with Crippen LogP contribution in [0.15, 0.2) is 83.9 Å². The molecule has 0 aliphatic heterocycles. The molecule has 1 unspecified atom stereocenters. The lowest BCUT2D eigenvalue weighted by Crippen LogP contribution is -2.28. The Morgan fingerprint density at radius 3 is 2.22 bits per heavy atom. The Bertz CT molecular complexity index is 1640. The van der Waals surface area contributed by atoms with Crippen LogP contribution in [-0.4, -0.2) is 39.4 Å². The number of hydrogen-bond donors (Lipinski definition) is 1. The highest BCUT2D eigenvalue weighted by Crippen LogP contribution is 2.36. The Morgan fingerprint density at radius 2 is 1.58 bits per heavy atom. The highest BCUT2D eigenvalue weighted by molar-refractivity contribution is 7.91. The number of rotatable bonds is 7. The highest BCUT2D eigenvalue weighted by Gasteiger charge is 2.33. The molecule has 3 aromatic carbocycles. The van der Waals surface area contributed by atoms with Crippen molar-refractivity contribution in [1.29, 1.82) is 0 Å². The summed E-state index contributed by atoms with van der Waals surface area (Å²) in [7, 11) is -6.69. The zero-order chi connectivity index (χ0) is 26.3. The molecule has 6 nitrogen and oxygen atoms in total. The number of benzene rings is 3. The SMILES string of the molecule is CC(C)(c1cc(-c2cccc(CC(O)c3ccc(S(C)(=O)=O)cc3)c2)c2ncccc2c1)S(C)(=O)=O. The number of aliphatic hydroxyl groups is 1. The Hall–Kier alpha value is -3.07. The van der Waals surface area contributed by atoms with E-state index in [-0.39, 0.29) is 4.90 Å². The molecular weight excluding hydrogens is 494 g/mol. The first-order chi connectivity index (χ1) is 16.8. The van der Waals surface area contributed by atoms with Crippen molar-refractivity contribution < 1.29 is 21.9 Å². The smallest absolute Gasteiger partial charge is 0.175 e. The minimum atomic E-state index is -3.38. The summed E-state index contributed by atoms with van der Waals surface area (Å²) >= 11 is 0. The number of sulfone groups is 2. The standard InChI is InChI=1S/C28H29NO5S2/c1-28(2,36(4,33)34)23-17-22-9-6-14-29-27(22)25(18-23)21-8-5-7-19(15-21)16-26(30)20-10-12-24(13-11-20)35(3,31)32/h5-15,17-18,26,30H,16H2,1-4H3. The third-order valence-electron chi connectivity index (χ3n) is 6.69. The molecule has 4 aromatic rings. The monoisotopic (exact) mass is 523 g/mol. The third kappa shape index (κ3) is 5.21. The van der Waals surface area contributed by atoms with E-state index < -0.39 is 30.5 Å². The number of nitrogens with zero attached hydrogens (tertiary/aromatic N) is 1. The summed E-state index contributed by atoms with van der Waals surface area (Å²) < 4.78 is 47.4. The van der Waals surface area contributed by atoms with Gasteiger partial charge in [0.15, 0.2) is 19.7 Å². The Morgan fingerprint density at radius 1 is 0.889 bits per heavy atom. The second-order valence-electron chi connectivity index (χ2n) is 9.64. The van der Waals surface area contributed by atoms with Crippen molar-refractivity contribution in [2.24, 2.45) is 0 Å². The van der Waals surface area contributed by atoms with E-state index in [4.69, 9.17) is 0 Å². The van der Waals surface area contributed by atoms with E-state index in [9.17, 15) is 21.9 Å². The maximum Gasteiger partial charge on any atom is 0.175 e. The number of pyridine rings is 1. The van der Waals surface area contributed by atoms with Gasteiger partial charge >= 0.3 is 0 Å². The van der Waals surface area contributed by atoms with Crippen molar-refractivity contribution in [2.75, 3.05) is 12.5 Å². The lowest BCUT2D eigenvalue weighted by molar-refractivity contribution is 0.178. The first kappa shape index (κ1) is 26.0. The first-order valence-electron chi connectivity index (χ1n) is 11.4. The van der Waals surface area contributed by atoms with Crippen molar-refractivity contribution in [3.63, 3.8) is 0 Å². The fourth-order valence-electron chi connectivity index (χ4n) is 4.12. The quantitative estimate of drug-likeness (QED) is 0.371. The normalized spacial score (nSPS) is 13.6. The van der Waals surface area contributed by atoms with Gasteiger partial charge in [0.1, 0.15) is 0 Å². The van der Waals surface area contributed by atoms with Crippen LogP contribution in [0.1, 0.15) is 36.6 Å². The van der Waals surface area contributed by atoms with Gasteiger partial charge in [-0.1, -0.05) is 42.5 Å². The van der Waals surface area contributed by atoms with Gasteiger partial charge in [-0.25, -0.2) is 16.8 Å². The number of aromatic nitrogens is 1. The second-order valence-corrected chi connectivity index (χ2v) is 14.2. The molecule has 8 heteroatoms. The van der Waals surface area contributed by atoms with Gasteiger partial charge in [0.2, 0.25) is 0 Å². The maximum absolute atomic E-state index is 12.5. The summed E-state index contributed by atoms with van der Waals surface area (Å²) in [6, 6.07) is 21.5. The molecule has 0 bridgehead atoms. The summed E-state index contributed by atoms with van der Waals surface area (Å²) in [4.78, 5) is 4.77. The molecule has 1 heterocycles. The zero-order valence-corrected chi connectivity index (χ0v) is 22.3. The highest BCUT2D eigenvalue weighted by atomic mass is 32.2. The summed E-state index contributed by atoms with van der Waals surface area (Å²) in [6.07, 6.45) is 3.60. The Labute approximate surface area is 212 Å². The molecule has 1 aromatic heterocycles. The van der Waals surface area contributed by atoms with Gasteiger partial charge in [-0.05, 0) is 66.4 Å². The van der Waals surface area contributed by atoms with Gasteiger partial charge in [0, 0.05) is 36.1 Å². The van der Waals surface area contributed by atoms with E-state index in [0.717, 1.165) is 33.8 Å². The van der Waals surface area contributed by atoms with Gasteiger partial charge in [-0.15, -0.1) is 0 Å².